The van der Waals surface area contributed by atoms with Crippen LogP contribution in [0.3, 0.4) is 0 Å². The Hall–Kier alpha value is -0.630. The van der Waals surface area contributed by atoms with Gasteiger partial charge in [0.2, 0.25) is 10.0 Å². The molecule has 0 atom stereocenters. The van der Waals surface area contributed by atoms with Crippen LogP contribution < -0.4 is 5.73 Å². The van der Waals surface area contributed by atoms with Crippen molar-refractivity contribution in [3.8, 4) is 0 Å². The van der Waals surface area contributed by atoms with Gasteiger partial charge >= 0.3 is 0 Å². The number of anilines is 1. The van der Waals surface area contributed by atoms with E-state index < -0.39 is 10.0 Å². The number of methoxy groups -OCH3 is 1. The van der Waals surface area contributed by atoms with Gasteiger partial charge in [-0.05, 0) is 59.3 Å². The number of benzene rings is 1. The number of halogens is 1. The number of ether oxygens (including phenoxy) is 1. The van der Waals surface area contributed by atoms with Crippen LogP contribution in [0.2, 0.25) is 0 Å². The average molecular weight is 377 g/mol. The highest BCUT2D eigenvalue weighted by Crippen LogP contribution is 2.30. The Morgan fingerprint density at radius 1 is 1.38 bits per heavy atom. The first-order valence-corrected chi connectivity index (χ1v) is 9.14. The van der Waals surface area contributed by atoms with Crippen molar-refractivity contribution in [3.63, 3.8) is 0 Å². The van der Waals surface area contributed by atoms with Gasteiger partial charge in [-0.2, -0.15) is 4.31 Å². The first-order chi connectivity index (χ1) is 9.86. The van der Waals surface area contributed by atoms with E-state index in [0.717, 1.165) is 17.3 Å². The number of hydrogen-bond donors (Lipinski definition) is 1. The molecule has 0 saturated carbocycles. The minimum atomic E-state index is -3.48. The van der Waals surface area contributed by atoms with Crippen molar-refractivity contribution in [2.24, 2.45) is 5.92 Å². The number of nitrogens with zero attached hydrogens (tertiary/aromatic N) is 1. The van der Waals surface area contributed by atoms with Crippen molar-refractivity contribution in [1.29, 1.82) is 0 Å². The second-order valence-electron chi connectivity index (χ2n) is 5.44. The van der Waals surface area contributed by atoms with Gasteiger partial charge in [0, 0.05) is 37.0 Å². The number of nitrogens with two attached hydrogens (primary N) is 1. The van der Waals surface area contributed by atoms with Crippen molar-refractivity contribution < 1.29 is 13.2 Å². The number of nitrogen functional groups attached to an aromatic ring is 1. The summed E-state index contributed by atoms with van der Waals surface area (Å²) >= 11 is 3.32. The van der Waals surface area contributed by atoms with E-state index in [9.17, 15) is 8.42 Å². The second-order valence-corrected chi connectivity index (χ2v) is 8.20. The third-order valence-electron chi connectivity index (χ3n) is 3.89. The number of sulfonamides is 1. The molecule has 118 valence electrons. The first-order valence-electron chi connectivity index (χ1n) is 6.91. The van der Waals surface area contributed by atoms with Crippen LogP contribution >= 0.6 is 15.9 Å². The Kier molecular flexibility index (Phi) is 5.29. The lowest BCUT2D eigenvalue weighted by atomic mass is 9.99. The number of aryl methyl sites for hydroxylation is 1. The summed E-state index contributed by atoms with van der Waals surface area (Å²) in [5, 5.41) is 0. The second kappa shape index (κ2) is 6.64. The molecule has 1 heterocycles. The van der Waals surface area contributed by atoms with Gasteiger partial charge in [-0.25, -0.2) is 8.42 Å². The molecule has 21 heavy (non-hydrogen) atoms. The van der Waals surface area contributed by atoms with Gasteiger partial charge in [0.25, 0.3) is 0 Å². The van der Waals surface area contributed by atoms with E-state index in [2.05, 4.69) is 15.9 Å². The van der Waals surface area contributed by atoms with E-state index >= 15 is 0 Å². The summed E-state index contributed by atoms with van der Waals surface area (Å²) in [4.78, 5) is 0.299. The van der Waals surface area contributed by atoms with Crippen LogP contribution in [0.15, 0.2) is 21.5 Å². The molecule has 1 aromatic carbocycles. The quantitative estimate of drug-likeness (QED) is 0.818. The third kappa shape index (κ3) is 3.59. The summed E-state index contributed by atoms with van der Waals surface area (Å²) in [6.45, 7) is 3.55. The van der Waals surface area contributed by atoms with Crippen LogP contribution in [0.5, 0.6) is 0 Å². The molecule has 1 aliphatic heterocycles. The molecule has 7 heteroatoms. The molecule has 0 unspecified atom stereocenters. The van der Waals surface area contributed by atoms with E-state index in [1.165, 1.54) is 6.07 Å². The smallest absolute Gasteiger partial charge is 0.243 e. The Labute approximate surface area is 134 Å². The summed E-state index contributed by atoms with van der Waals surface area (Å²) in [5.41, 5.74) is 6.97. The molecule has 0 spiro atoms. The molecule has 0 aromatic heterocycles. The zero-order chi connectivity index (χ0) is 15.6. The largest absolute Gasteiger partial charge is 0.398 e. The highest BCUT2D eigenvalue weighted by atomic mass is 79.9. The maximum atomic E-state index is 12.8. The molecule has 2 N–H and O–H groups in total. The van der Waals surface area contributed by atoms with Crippen LogP contribution in [0.4, 0.5) is 5.69 Å². The standard InChI is InChI=1S/C14H21BrN2O3S/c1-10-7-12(15)13(16)8-14(10)21(18,19)17-5-3-11(4-6-17)9-20-2/h7-8,11H,3-6,9,16H2,1-2H3. The van der Waals surface area contributed by atoms with E-state index in [-0.39, 0.29) is 0 Å². The van der Waals surface area contributed by atoms with Gasteiger partial charge in [-0.15, -0.1) is 0 Å². The molecule has 0 amide bonds. The fourth-order valence-electron chi connectivity index (χ4n) is 2.64. The zero-order valence-electron chi connectivity index (χ0n) is 12.3. The van der Waals surface area contributed by atoms with E-state index in [0.29, 0.717) is 41.8 Å². The molecule has 0 radical (unpaired) electrons. The van der Waals surface area contributed by atoms with Crippen LogP contribution in [-0.2, 0) is 14.8 Å². The third-order valence-corrected chi connectivity index (χ3v) is 6.62. The fourth-order valence-corrected chi connectivity index (χ4v) is 4.81. The van der Waals surface area contributed by atoms with Crippen LogP contribution in [0, 0.1) is 12.8 Å². The van der Waals surface area contributed by atoms with Crippen LogP contribution in [-0.4, -0.2) is 39.5 Å². The summed E-state index contributed by atoms with van der Waals surface area (Å²) in [5.74, 6) is 0.442. The lowest BCUT2D eigenvalue weighted by molar-refractivity contribution is 0.121. The summed E-state index contributed by atoms with van der Waals surface area (Å²) in [7, 11) is -1.80. The SMILES string of the molecule is COCC1CCN(S(=O)(=O)c2cc(N)c(Br)cc2C)CC1. The van der Waals surface area contributed by atoms with E-state index in [4.69, 9.17) is 10.5 Å². The summed E-state index contributed by atoms with van der Waals surface area (Å²) < 4.78 is 32.9. The molecule has 2 rings (SSSR count). The summed E-state index contributed by atoms with van der Waals surface area (Å²) in [6, 6.07) is 3.29. The molecule has 1 aliphatic rings. The molecule has 1 aromatic rings. The van der Waals surface area contributed by atoms with Gasteiger partial charge in [0.05, 0.1) is 4.90 Å². The Bertz CT molecular complexity index is 611. The molecule has 0 aliphatic carbocycles. The van der Waals surface area contributed by atoms with Gasteiger partial charge in [0.1, 0.15) is 0 Å². The summed E-state index contributed by atoms with van der Waals surface area (Å²) in [6.07, 6.45) is 1.66. The van der Waals surface area contributed by atoms with Crippen molar-refractivity contribution in [3.05, 3.63) is 22.2 Å². The number of hydrogen-bond acceptors (Lipinski definition) is 4. The maximum Gasteiger partial charge on any atom is 0.243 e. The van der Waals surface area contributed by atoms with Gasteiger partial charge < -0.3 is 10.5 Å². The van der Waals surface area contributed by atoms with E-state index in [1.807, 2.05) is 0 Å². The highest BCUT2D eigenvalue weighted by molar-refractivity contribution is 9.10. The normalized spacial score (nSPS) is 18.0. The molecule has 0 bridgehead atoms. The topological polar surface area (TPSA) is 72.6 Å². The van der Waals surface area contributed by atoms with E-state index in [1.54, 1.807) is 24.4 Å². The maximum absolute atomic E-state index is 12.8. The molecule has 1 saturated heterocycles. The fraction of sp³-hybridized carbons (Fsp3) is 0.571. The Morgan fingerprint density at radius 3 is 2.57 bits per heavy atom. The zero-order valence-corrected chi connectivity index (χ0v) is 14.7. The van der Waals surface area contributed by atoms with Crippen LogP contribution in [0.25, 0.3) is 0 Å². The van der Waals surface area contributed by atoms with Crippen molar-refractivity contribution in [2.45, 2.75) is 24.7 Å². The predicted octanol–water partition coefficient (Wildman–Crippen LogP) is 2.39. The number of piperidine rings is 1. The van der Waals surface area contributed by atoms with Gasteiger partial charge in [-0.3, -0.25) is 0 Å². The highest BCUT2D eigenvalue weighted by Gasteiger charge is 2.30. The Balaban J connectivity index is 2.22. The molecule has 5 nitrogen and oxygen atoms in total. The molecular weight excluding hydrogens is 356 g/mol. The van der Waals surface area contributed by atoms with Crippen molar-refractivity contribution in [2.75, 3.05) is 32.5 Å². The average Bonchev–Trinajstić information content (AvgIpc) is 2.43. The van der Waals surface area contributed by atoms with Crippen molar-refractivity contribution >= 4 is 31.6 Å². The predicted molar refractivity (Wildman–Crippen MR) is 86.7 cm³/mol. The van der Waals surface area contributed by atoms with Gasteiger partial charge in [0.15, 0.2) is 0 Å². The lowest BCUT2D eigenvalue weighted by Crippen LogP contribution is -2.39. The monoisotopic (exact) mass is 376 g/mol. The number of rotatable bonds is 4. The molecule has 1 fully saturated rings. The minimum absolute atomic E-state index is 0.299. The Morgan fingerprint density at radius 2 is 2.00 bits per heavy atom. The van der Waals surface area contributed by atoms with Crippen molar-refractivity contribution in [1.82, 2.24) is 4.31 Å². The first kappa shape index (κ1) is 16.7. The minimum Gasteiger partial charge on any atom is -0.398 e. The lowest BCUT2D eigenvalue weighted by Gasteiger charge is -2.31. The van der Waals surface area contributed by atoms with Crippen LogP contribution in [0.1, 0.15) is 18.4 Å². The molecular formula is C14H21BrN2O3S. The van der Waals surface area contributed by atoms with Gasteiger partial charge in [-0.1, -0.05) is 0 Å².